The molecule has 0 N–H and O–H groups in total. The van der Waals surface area contributed by atoms with Crippen molar-refractivity contribution in [2.45, 2.75) is 104 Å². The van der Waals surface area contributed by atoms with Crippen LogP contribution in [-0.4, -0.2) is 64.4 Å². The van der Waals surface area contributed by atoms with Crippen molar-refractivity contribution < 1.29 is 0 Å². The summed E-state index contributed by atoms with van der Waals surface area (Å²) >= 11 is 0. The summed E-state index contributed by atoms with van der Waals surface area (Å²) < 4.78 is 2.24. The van der Waals surface area contributed by atoms with Crippen LogP contribution < -0.4 is 0 Å². The molecule has 0 bridgehead atoms. The normalized spacial score (nSPS) is 9.96. The maximum atomic E-state index is 4.68. The van der Waals surface area contributed by atoms with E-state index < -0.39 is 0 Å². The molecule has 0 amide bonds. The number of aryl methyl sites for hydroxylation is 2. The first kappa shape index (κ1) is 106. The molecule has 143 heavy (non-hydrogen) atoms. The molecule has 0 unspecified atom stereocenters. The maximum Gasteiger partial charge on any atom is 0.116 e. The summed E-state index contributed by atoms with van der Waals surface area (Å²) in [6, 6.07) is 138. The topological polar surface area (TPSA) is 160 Å². The monoisotopic (exact) mass is 1870 g/mol. The molecule has 712 valence electrons. The van der Waals surface area contributed by atoms with Gasteiger partial charge in [-0.1, -0.05) is 437 Å². The molecule has 0 radical (unpaired) electrons. The predicted molar refractivity (Wildman–Crippen MR) is 616 cm³/mol. The molecule has 0 fully saturated rings. The molecular formula is C130H127N13. The number of hydrogen-bond donors (Lipinski definition) is 0. The lowest BCUT2D eigenvalue weighted by Gasteiger charge is -2.08. The van der Waals surface area contributed by atoms with Crippen molar-refractivity contribution in [3.63, 3.8) is 0 Å². The fraction of sp³-hybridized carbons (Fsp3) is 0.123. The number of fused-ring (bicyclic) bond motifs is 25. The van der Waals surface area contributed by atoms with Gasteiger partial charge in [0.15, 0.2) is 0 Å². The van der Waals surface area contributed by atoms with E-state index in [1.54, 1.807) is 49.7 Å². The third-order valence-corrected chi connectivity index (χ3v) is 22.3. The Balaban J connectivity index is 0.000000152. The first-order valence-corrected chi connectivity index (χ1v) is 49.7. The van der Waals surface area contributed by atoms with Crippen molar-refractivity contribution in [3.05, 3.63) is 487 Å². The Kier molecular flexibility index (Phi) is 42.8. The highest BCUT2D eigenvalue weighted by atomic mass is 14.9. The quantitative estimate of drug-likeness (QED) is 0.154. The third kappa shape index (κ3) is 26.9. The lowest BCUT2D eigenvalue weighted by atomic mass is 9.97. The van der Waals surface area contributed by atoms with Crippen molar-refractivity contribution in [1.82, 2.24) is 64.4 Å². The summed E-state index contributed by atoms with van der Waals surface area (Å²) in [6.07, 6.45) is 21.3. The minimum Gasteiger partial charge on any atom is -0.344 e. The summed E-state index contributed by atoms with van der Waals surface area (Å²) in [5, 5.41) is 22.2. The largest absolute Gasteiger partial charge is 0.344 e. The summed E-state index contributed by atoms with van der Waals surface area (Å²) in [7, 11) is 2.12. The highest BCUT2D eigenvalue weighted by Crippen LogP contribution is 2.37. The lowest BCUT2D eigenvalue weighted by molar-refractivity contribution is 1.01. The van der Waals surface area contributed by atoms with Crippen LogP contribution in [0, 0.1) is 6.92 Å². The molecule has 9 aromatic heterocycles. The van der Waals surface area contributed by atoms with Gasteiger partial charge in [0, 0.05) is 146 Å². The molecule has 26 rings (SSSR count). The van der Waals surface area contributed by atoms with Crippen molar-refractivity contribution in [2.75, 3.05) is 0 Å². The molecule has 9 heterocycles. The van der Waals surface area contributed by atoms with Gasteiger partial charge in [-0.3, -0.25) is 39.9 Å². The van der Waals surface area contributed by atoms with Gasteiger partial charge in [0.25, 0.3) is 0 Å². The molecule has 13 nitrogen and oxygen atoms in total. The zero-order valence-electron chi connectivity index (χ0n) is 84.9. The van der Waals surface area contributed by atoms with E-state index in [4.69, 9.17) is 0 Å². The molecule has 13 heteroatoms. The van der Waals surface area contributed by atoms with Crippen molar-refractivity contribution in [2.24, 2.45) is 7.05 Å². The number of hydrogen-bond acceptors (Lipinski definition) is 12. The average Bonchev–Trinajstić information content (AvgIpc) is 1.45. The van der Waals surface area contributed by atoms with Crippen molar-refractivity contribution >= 4 is 152 Å². The van der Waals surface area contributed by atoms with Gasteiger partial charge < -0.3 is 4.57 Å². The zero-order chi connectivity index (χ0) is 101. The van der Waals surface area contributed by atoms with Gasteiger partial charge in [-0.15, -0.1) is 0 Å². The molecule has 0 aliphatic heterocycles. The van der Waals surface area contributed by atoms with Crippen LogP contribution in [0.5, 0.6) is 0 Å². The number of aromatic nitrogens is 13. The van der Waals surface area contributed by atoms with Crippen LogP contribution in [-0.2, 0) is 7.05 Å². The lowest BCUT2D eigenvalue weighted by Crippen LogP contribution is -1.93. The maximum absolute atomic E-state index is 4.68. The first-order valence-electron chi connectivity index (χ1n) is 49.7. The molecule has 0 saturated carbocycles. The van der Waals surface area contributed by atoms with Gasteiger partial charge in [-0.05, 0) is 133 Å². The summed E-state index contributed by atoms with van der Waals surface area (Å²) in [5.41, 5.74) is 18.1. The Labute approximate surface area is 842 Å². The van der Waals surface area contributed by atoms with Gasteiger partial charge in [-0.25, -0.2) is 19.9 Å². The van der Waals surface area contributed by atoms with E-state index in [1.165, 1.54) is 103 Å². The van der Waals surface area contributed by atoms with Gasteiger partial charge in [-0.2, -0.15) is 0 Å². The fourth-order valence-corrected chi connectivity index (χ4v) is 16.3. The molecule has 17 aromatic carbocycles. The number of rotatable bonds is 3. The van der Waals surface area contributed by atoms with Crippen LogP contribution in [0.1, 0.15) is 103 Å². The van der Waals surface area contributed by atoms with Gasteiger partial charge >= 0.3 is 0 Å². The van der Waals surface area contributed by atoms with E-state index in [2.05, 4.69) is 320 Å². The molecular weight excluding hydrogens is 1740 g/mol. The number of para-hydroxylation sites is 4. The molecule has 0 aliphatic carbocycles. The highest BCUT2D eigenvalue weighted by Gasteiger charge is 2.14. The molecule has 0 saturated heterocycles. The van der Waals surface area contributed by atoms with Crippen molar-refractivity contribution in [3.8, 4) is 33.6 Å². The molecule has 0 spiro atoms. The summed E-state index contributed by atoms with van der Waals surface area (Å²) in [5.74, 6) is 0. The van der Waals surface area contributed by atoms with E-state index in [1.807, 2.05) is 286 Å². The van der Waals surface area contributed by atoms with E-state index in [9.17, 15) is 0 Å². The smallest absolute Gasteiger partial charge is 0.116 e. The van der Waals surface area contributed by atoms with Gasteiger partial charge in [0.1, 0.15) is 6.33 Å². The SMILES string of the molecule is CC.CC.CC.CC.CC.CC.CC.Cc1nc2ccccc2nc1-c1ccccc1.Cn1c2ccccc2c2ccccc21.c1ccc(-c2ccccn2)cc1.c1ccc(-c2cccnc2)cc1.c1ccc2c(c1)c1ccccc1c1ncccc21.c1ccc2c(c1)c1ccccc1c1nccnc21.c1ccc2c(c1)c1ccccc1c1ncncc21.c1ccc2c(c1)ccc1nccnc12.c1ccncc1. The van der Waals surface area contributed by atoms with Crippen LogP contribution >= 0.6 is 0 Å². The van der Waals surface area contributed by atoms with E-state index in [0.29, 0.717) is 0 Å². The van der Waals surface area contributed by atoms with Gasteiger partial charge in [0.2, 0.25) is 0 Å². The van der Waals surface area contributed by atoms with Crippen LogP contribution in [0.15, 0.2) is 481 Å². The Morgan fingerprint density at radius 1 is 0.182 bits per heavy atom. The minimum atomic E-state index is 0.942. The summed E-state index contributed by atoms with van der Waals surface area (Å²) in [4.78, 5) is 52.1. The van der Waals surface area contributed by atoms with Gasteiger partial charge in [0.05, 0.1) is 61.2 Å². The minimum absolute atomic E-state index is 0.942. The van der Waals surface area contributed by atoms with Crippen molar-refractivity contribution in [1.29, 1.82) is 0 Å². The standard InChI is InChI=1S/C17H11N.2C16H10N2.C15H12N2.C13H11N.C12H8N2.2C11H9N.C5H5N.7C2H6/c1-2-7-14-12(6-1)13-8-3-4-9-15(13)17-16(14)10-5-11-18-17;1-3-7-13-11(5-1)12-6-2-4-8-14(12)16-15(13)17-9-10-18-16;1-2-7-13-11(5-1)12-6-3-4-8-14(12)16-15(13)9-17-10-18-16;1-11-15(12-7-3-2-4-8-12)17-14-10-6-5-9-13(14)16-11;1-14-12-8-4-2-6-10(12)11-7-3-5-9-13(11)14;1-2-4-10-9(3-1)5-6-11-12(10)14-8-7-13-11;1-2-6-10(7-3-1)11-8-4-5-9-12-11;1-2-5-10(6-3-1)11-7-4-8-12-9-11;1-2-4-6-5-3-1;7*1-2/h1-11H;2*1-10H;2-10H,1H3;2-9H,1H3;1-8H;2*1-9H;1-5H;7*1-2H3. The van der Waals surface area contributed by atoms with E-state index >= 15 is 0 Å². The molecule has 0 aliphatic rings. The van der Waals surface area contributed by atoms with E-state index in [0.717, 1.165) is 88.7 Å². The Bertz CT molecular complexity index is 6980. The summed E-state index contributed by atoms with van der Waals surface area (Å²) in [6.45, 7) is 30.0. The predicted octanol–water partition coefficient (Wildman–Crippen LogP) is 35.9. The Hall–Kier alpha value is -17.4. The van der Waals surface area contributed by atoms with Crippen LogP contribution in [0.2, 0.25) is 0 Å². The fourth-order valence-electron chi connectivity index (χ4n) is 16.3. The van der Waals surface area contributed by atoms with Crippen LogP contribution in [0.3, 0.4) is 0 Å². The second kappa shape index (κ2) is 57.7. The second-order valence-corrected chi connectivity index (χ2v) is 30.2. The van der Waals surface area contributed by atoms with Crippen LogP contribution in [0.4, 0.5) is 0 Å². The first-order chi connectivity index (χ1) is 71.0. The number of benzene rings is 17. The Morgan fingerprint density at radius 3 is 0.965 bits per heavy atom. The highest BCUT2D eigenvalue weighted by molar-refractivity contribution is 6.26. The number of pyridine rings is 4. The molecule has 26 aromatic rings. The Morgan fingerprint density at radius 2 is 0.510 bits per heavy atom. The third-order valence-electron chi connectivity index (χ3n) is 22.3. The number of nitrogens with zero attached hydrogens (tertiary/aromatic N) is 13. The average molecular weight is 1870 g/mol. The van der Waals surface area contributed by atoms with Crippen LogP contribution in [0.25, 0.3) is 186 Å². The van der Waals surface area contributed by atoms with E-state index in [-0.39, 0.29) is 0 Å². The zero-order valence-corrected chi connectivity index (χ0v) is 84.9. The molecule has 0 atom stereocenters. The second-order valence-electron chi connectivity index (χ2n) is 30.2.